The predicted molar refractivity (Wildman–Crippen MR) is 128 cm³/mol. The van der Waals surface area contributed by atoms with Crippen molar-refractivity contribution in [3.05, 3.63) is 53.8 Å². The average molecular weight is 466 g/mol. The zero-order valence-electron chi connectivity index (χ0n) is 18.1. The van der Waals surface area contributed by atoms with Crippen LogP contribution in [-0.4, -0.2) is 48.6 Å². The van der Waals surface area contributed by atoms with Crippen molar-refractivity contribution in [3.63, 3.8) is 0 Å². The summed E-state index contributed by atoms with van der Waals surface area (Å²) < 4.78 is 20.4. The lowest BCUT2D eigenvalue weighted by Gasteiger charge is -2.24. The molecule has 0 saturated carbocycles. The Morgan fingerprint density at radius 1 is 1.06 bits per heavy atom. The van der Waals surface area contributed by atoms with E-state index in [-0.39, 0.29) is 30.6 Å². The van der Waals surface area contributed by atoms with Gasteiger partial charge in [-0.1, -0.05) is 43.4 Å². The Bertz CT molecular complexity index is 977. The van der Waals surface area contributed by atoms with Gasteiger partial charge in [0.25, 0.3) is 0 Å². The van der Waals surface area contributed by atoms with Crippen LogP contribution >= 0.6 is 23.7 Å². The van der Waals surface area contributed by atoms with Crippen molar-refractivity contribution < 1.29 is 13.9 Å². The number of carbonyl (C=O) groups is 1. The monoisotopic (exact) mass is 465 g/mol. The first-order chi connectivity index (χ1) is 14.5. The van der Waals surface area contributed by atoms with Crippen LogP contribution < -0.4 is 9.64 Å². The van der Waals surface area contributed by atoms with Gasteiger partial charge in [-0.3, -0.25) is 9.69 Å². The molecule has 5 nitrogen and oxygen atoms in total. The van der Waals surface area contributed by atoms with Crippen molar-refractivity contribution in [1.29, 1.82) is 0 Å². The zero-order valence-corrected chi connectivity index (χ0v) is 19.8. The van der Waals surface area contributed by atoms with Gasteiger partial charge < -0.3 is 9.64 Å². The molecule has 168 valence electrons. The number of thiazole rings is 1. The number of amides is 1. The number of fused-ring (bicyclic) bond motifs is 1. The van der Waals surface area contributed by atoms with E-state index < -0.39 is 0 Å². The Hall–Kier alpha value is -2.22. The van der Waals surface area contributed by atoms with Crippen LogP contribution in [0, 0.1) is 5.82 Å². The van der Waals surface area contributed by atoms with Crippen LogP contribution in [0.15, 0.2) is 42.5 Å². The minimum Gasteiger partial charge on any atom is -0.494 e. The van der Waals surface area contributed by atoms with Gasteiger partial charge in [-0.25, -0.2) is 9.37 Å². The van der Waals surface area contributed by atoms with Gasteiger partial charge in [0.1, 0.15) is 17.1 Å². The third-order valence-corrected chi connectivity index (χ3v) is 6.06. The maximum absolute atomic E-state index is 14.2. The summed E-state index contributed by atoms with van der Waals surface area (Å²) in [5.74, 6) is 0.372. The summed E-state index contributed by atoms with van der Waals surface area (Å²) in [5, 5.41) is 0.540. The van der Waals surface area contributed by atoms with Gasteiger partial charge in [0.15, 0.2) is 5.13 Å². The first-order valence-electron chi connectivity index (χ1n) is 10.3. The number of nitrogens with zero attached hydrogens (tertiary/aromatic N) is 3. The molecule has 1 aromatic heterocycles. The Kier molecular flexibility index (Phi) is 9.68. The number of anilines is 1. The highest BCUT2D eigenvalue weighted by Crippen LogP contribution is 2.30. The van der Waals surface area contributed by atoms with Crippen LogP contribution in [-0.2, 0) is 11.2 Å². The van der Waals surface area contributed by atoms with E-state index in [0.29, 0.717) is 23.8 Å². The van der Waals surface area contributed by atoms with Crippen LogP contribution in [0.2, 0.25) is 0 Å². The molecule has 31 heavy (non-hydrogen) atoms. The molecule has 0 bridgehead atoms. The fourth-order valence-electron chi connectivity index (χ4n) is 3.27. The standard InChI is InChI=1S/C23H28FN3O2S.ClH/c1-4-26(5-2)14-15-27(23-25-22-19(24)8-7-9-20(22)30-23)21(28)16-17-10-12-18(13-11-17)29-6-3;/h7-13H,4-6,14-16H2,1-3H3;1H. The van der Waals surface area contributed by atoms with E-state index in [1.54, 1.807) is 11.0 Å². The first kappa shape index (κ1) is 25.0. The number of ether oxygens (including phenoxy) is 1. The second-order valence-corrected chi connectivity index (χ2v) is 7.92. The average Bonchev–Trinajstić information content (AvgIpc) is 3.18. The number of carbonyl (C=O) groups excluding carboxylic acids is 1. The van der Waals surface area contributed by atoms with Gasteiger partial charge in [0, 0.05) is 13.1 Å². The van der Waals surface area contributed by atoms with Gasteiger partial charge in [-0.15, -0.1) is 12.4 Å². The molecule has 3 aromatic rings. The largest absolute Gasteiger partial charge is 0.494 e. The Balaban J connectivity index is 0.00000341. The number of para-hydroxylation sites is 1. The fourth-order valence-corrected chi connectivity index (χ4v) is 4.29. The van der Waals surface area contributed by atoms with E-state index >= 15 is 0 Å². The summed E-state index contributed by atoms with van der Waals surface area (Å²) in [5.41, 5.74) is 1.22. The highest BCUT2D eigenvalue weighted by molar-refractivity contribution is 7.22. The SMILES string of the molecule is CCOc1ccc(CC(=O)N(CCN(CC)CC)c2nc3c(F)cccc3s2)cc1.Cl. The molecule has 0 aliphatic heterocycles. The molecule has 1 amide bonds. The van der Waals surface area contributed by atoms with Crippen LogP contribution in [0.1, 0.15) is 26.3 Å². The van der Waals surface area contributed by atoms with Crippen molar-refractivity contribution in [2.75, 3.05) is 37.7 Å². The molecule has 1 heterocycles. The van der Waals surface area contributed by atoms with Crippen LogP contribution in [0.4, 0.5) is 9.52 Å². The summed E-state index contributed by atoms with van der Waals surface area (Å²) in [6, 6.07) is 12.5. The van der Waals surface area contributed by atoms with E-state index in [4.69, 9.17) is 4.74 Å². The zero-order chi connectivity index (χ0) is 21.5. The summed E-state index contributed by atoms with van der Waals surface area (Å²) >= 11 is 1.35. The van der Waals surface area contributed by atoms with Gasteiger partial charge in [-0.2, -0.15) is 0 Å². The Labute approximate surface area is 193 Å². The molecule has 0 spiro atoms. The summed E-state index contributed by atoms with van der Waals surface area (Å²) in [7, 11) is 0. The van der Waals surface area contributed by atoms with Gasteiger partial charge in [-0.05, 0) is 49.8 Å². The molecular formula is C23H29ClFN3O2S. The third-order valence-electron chi connectivity index (χ3n) is 5.01. The van der Waals surface area contributed by atoms with Crippen molar-refractivity contribution >= 4 is 45.0 Å². The van der Waals surface area contributed by atoms with E-state index in [1.165, 1.54) is 17.4 Å². The Morgan fingerprint density at radius 3 is 2.39 bits per heavy atom. The summed E-state index contributed by atoms with van der Waals surface area (Å²) in [6.07, 6.45) is 0.253. The number of likely N-dealkylation sites (N-methyl/N-ethyl adjacent to an activating group) is 1. The van der Waals surface area contributed by atoms with Crippen molar-refractivity contribution in [2.24, 2.45) is 0 Å². The van der Waals surface area contributed by atoms with Crippen molar-refractivity contribution in [2.45, 2.75) is 27.2 Å². The second kappa shape index (κ2) is 12.0. The van der Waals surface area contributed by atoms with Gasteiger partial charge >= 0.3 is 0 Å². The Morgan fingerprint density at radius 2 is 1.77 bits per heavy atom. The number of hydrogen-bond donors (Lipinski definition) is 0. The highest BCUT2D eigenvalue weighted by Gasteiger charge is 2.21. The van der Waals surface area contributed by atoms with Crippen LogP contribution in [0.25, 0.3) is 10.2 Å². The van der Waals surface area contributed by atoms with Gasteiger partial charge in [0.05, 0.1) is 17.7 Å². The maximum Gasteiger partial charge on any atom is 0.233 e. The number of benzene rings is 2. The van der Waals surface area contributed by atoms with Crippen LogP contribution in [0.5, 0.6) is 5.75 Å². The third kappa shape index (κ3) is 6.38. The van der Waals surface area contributed by atoms with Crippen LogP contribution in [0.3, 0.4) is 0 Å². The second-order valence-electron chi connectivity index (χ2n) is 6.91. The molecule has 0 N–H and O–H groups in total. The molecule has 2 aromatic carbocycles. The van der Waals surface area contributed by atoms with Gasteiger partial charge in [0.2, 0.25) is 5.91 Å². The number of hydrogen-bond acceptors (Lipinski definition) is 5. The van der Waals surface area contributed by atoms with E-state index in [0.717, 1.165) is 35.6 Å². The highest BCUT2D eigenvalue weighted by atomic mass is 35.5. The first-order valence-corrected chi connectivity index (χ1v) is 11.2. The van der Waals surface area contributed by atoms with E-state index in [2.05, 4.69) is 23.7 Å². The lowest BCUT2D eigenvalue weighted by molar-refractivity contribution is -0.118. The normalized spacial score (nSPS) is 10.9. The molecule has 8 heteroatoms. The smallest absolute Gasteiger partial charge is 0.233 e. The molecule has 0 atom stereocenters. The minimum atomic E-state index is -0.363. The van der Waals surface area contributed by atoms with Crippen molar-refractivity contribution in [3.8, 4) is 5.75 Å². The molecule has 0 radical (unpaired) electrons. The quantitative estimate of drug-likeness (QED) is 0.414. The topological polar surface area (TPSA) is 45.7 Å². The van der Waals surface area contributed by atoms with Crippen molar-refractivity contribution in [1.82, 2.24) is 9.88 Å². The number of aromatic nitrogens is 1. The van der Waals surface area contributed by atoms with E-state index in [9.17, 15) is 9.18 Å². The molecule has 0 saturated heterocycles. The lowest BCUT2D eigenvalue weighted by Crippen LogP contribution is -2.39. The lowest BCUT2D eigenvalue weighted by atomic mass is 10.1. The number of rotatable bonds is 10. The minimum absolute atomic E-state index is 0. The summed E-state index contributed by atoms with van der Waals surface area (Å²) in [4.78, 5) is 21.6. The molecular weight excluding hydrogens is 437 g/mol. The fraction of sp³-hybridized carbons (Fsp3) is 0.391. The molecule has 0 unspecified atom stereocenters. The predicted octanol–water partition coefficient (Wildman–Crippen LogP) is 5.17. The molecule has 0 fully saturated rings. The maximum atomic E-state index is 14.2. The molecule has 0 aliphatic rings. The molecule has 3 rings (SSSR count). The van der Waals surface area contributed by atoms with E-state index in [1.807, 2.05) is 37.3 Å². The summed E-state index contributed by atoms with van der Waals surface area (Å²) in [6.45, 7) is 9.81. The molecule has 0 aliphatic carbocycles. The number of halogens is 2.